The van der Waals surface area contributed by atoms with Crippen LogP contribution in [0.1, 0.15) is 23.3 Å². The lowest BCUT2D eigenvalue weighted by Gasteiger charge is -2.08. The molecule has 0 aromatic carbocycles. The van der Waals surface area contributed by atoms with Gasteiger partial charge < -0.3 is 0 Å². The Morgan fingerprint density at radius 1 is 1.44 bits per heavy atom. The van der Waals surface area contributed by atoms with Crippen LogP contribution in [0.3, 0.4) is 0 Å². The number of fused-ring (bicyclic) bond motifs is 1. The summed E-state index contributed by atoms with van der Waals surface area (Å²) in [4.78, 5) is 7.11. The van der Waals surface area contributed by atoms with E-state index in [0.717, 1.165) is 5.82 Å². The van der Waals surface area contributed by atoms with Gasteiger partial charge in [0.25, 0.3) is 0 Å². The molecule has 1 N–H and O–H groups in total. The van der Waals surface area contributed by atoms with Gasteiger partial charge in [0, 0.05) is 11.9 Å². The van der Waals surface area contributed by atoms with Gasteiger partial charge in [0.15, 0.2) is 5.82 Å². The molecule has 2 aromatic heterocycles. The summed E-state index contributed by atoms with van der Waals surface area (Å²) in [7, 11) is 1.90. The minimum absolute atomic E-state index is 0.612. The highest BCUT2D eigenvalue weighted by Crippen LogP contribution is 2.34. The first kappa shape index (κ1) is 10.2. The Hall–Kier alpha value is -0.940. The van der Waals surface area contributed by atoms with Crippen molar-refractivity contribution in [2.45, 2.75) is 25.7 Å². The summed E-state index contributed by atoms with van der Waals surface area (Å²) in [6, 6.07) is 2.27. The van der Waals surface area contributed by atoms with Crippen molar-refractivity contribution in [1.82, 2.24) is 14.8 Å². The number of thiophene rings is 1. The zero-order chi connectivity index (χ0) is 11.1. The summed E-state index contributed by atoms with van der Waals surface area (Å²) < 4.78 is 2.39. The lowest BCUT2D eigenvalue weighted by molar-refractivity contribution is 0.697. The van der Waals surface area contributed by atoms with Crippen molar-refractivity contribution in [3.05, 3.63) is 21.3 Å². The Morgan fingerprint density at radius 2 is 2.25 bits per heavy atom. The molecule has 0 aliphatic heterocycles. The predicted molar refractivity (Wildman–Crippen MR) is 68.3 cm³/mol. The number of H-pyrrole nitrogens is 1. The second kappa shape index (κ2) is 3.82. The largest absolute Gasteiger partial charge is 0.279 e. The number of nitrogens with zero attached hydrogens (tertiary/aromatic N) is 2. The lowest BCUT2D eigenvalue weighted by atomic mass is 9.99. The monoisotopic (exact) mass is 251 g/mol. The Kier molecular flexibility index (Phi) is 2.44. The van der Waals surface area contributed by atoms with Crippen molar-refractivity contribution >= 4 is 23.6 Å². The first-order valence-corrected chi connectivity index (χ1v) is 6.71. The molecule has 16 heavy (non-hydrogen) atoms. The van der Waals surface area contributed by atoms with E-state index in [9.17, 15) is 0 Å². The van der Waals surface area contributed by atoms with E-state index in [4.69, 9.17) is 12.2 Å². The molecule has 0 saturated carbocycles. The van der Waals surface area contributed by atoms with Gasteiger partial charge in [-0.15, -0.1) is 11.3 Å². The van der Waals surface area contributed by atoms with Crippen LogP contribution >= 0.6 is 23.6 Å². The predicted octanol–water partition coefficient (Wildman–Crippen LogP) is 3.08. The molecule has 0 saturated heterocycles. The van der Waals surface area contributed by atoms with Gasteiger partial charge in [-0.25, -0.2) is 0 Å². The fraction of sp³-hybridized carbons (Fsp3) is 0.455. The Balaban J connectivity index is 2.06. The van der Waals surface area contributed by atoms with E-state index in [1.54, 1.807) is 4.68 Å². The molecular formula is C11H13N3S2. The van der Waals surface area contributed by atoms with Crippen LogP contribution in [0.4, 0.5) is 0 Å². The highest BCUT2D eigenvalue weighted by atomic mass is 32.1. The molecule has 0 fully saturated rings. The Labute approximate surface area is 103 Å². The number of aryl methyl sites for hydroxylation is 3. The standard InChI is InChI=1S/C11H13N3S2/c1-14-11(15)12-10(13-14)9-6-7-4-2-3-5-8(7)16-9/h6H,2-5H2,1H3,(H,12,13,15). The van der Waals surface area contributed by atoms with Gasteiger partial charge in [-0.2, -0.15) is 4.98 Å². The highest BCUT2D eigenvalue weighted by molar-refractivity contribution is 7.71. The van der Waals surface area contributed by atoms with Gasteiger partial charge in [0.05, 0.1) is 4.88 Å². The molecule has 2 heterocycles. The molecule has 84 valence electrons. The smallest absolute Gasteiger partial charge is 0.216 e. The van der Waals surface area contributed by atoms with Crippen LogP contribution in [0.2, 0.25) is 0 Å². The van der Waals surface area contributed by atoms with E-state index >= 15 is 0 Å². The van der Waals surface area contributed by atoms with Crippen LogP contribution in [-0.4, -0.2) is 14.8 Å². The first-order chi connectivity index (χ1) is 7.74. The minimum atomic E-state index is 0.612. The Morgan fingerprint density at radius 3 is 2.94 bits per heavy atom. The number of rotatable bonds is 1. The molecule has 3 nitrogen and oxygen atoms in total. The van der Waals surface area contributed by atoms with Gasteiger partial charge in [0.2, 0.25) is 4.77 Å². The van der Waals surface area contributed by atoms with Crippen LogP contribution < -0.4 is 0 Å². The number of hydrogen-bond acceptors (Lipinski definition) is 3. The Bertz CT molecular complexity index is 553. The van der Waals surface area contributed by atoms with Crippen LogP contribution in [0.5, 0.6) is 0 Å². The molecule has 1 aliphatic rings. The van der Waals surface area contributed by atoms with Crippen molar-refractivity contribution in [3.63, 3.8) is 0 Å². The van der Waals surface area contributed by atoms with E-state index in [1.807, 2.05) is 18.4 Å². The first-order valence-electron chi connectivity index (χ1n) is 5.49. The zero-order valence-corrected chi connectivity index (χ0v) is 10.7. The van der Waals surface area contributed by atoms with Crippen molar-refractivity contribution in [1.29, 1.82) is 0 Å². The van der Waals surface area contributed by atoms with Crippen LogP contribution in [0, 0.1) is 4.77 Å². The maximum absolute atomic E-state index is 5.11. The molecule has 1 aliphatic carbocycles. The summed E-state index contributed by atoms with van der Waals surface area (Å²) in [5.74, 6) is 0.909. The summed E-state index contributed by atoms with van der Waals surface area (Å²) in [5.41, 5.74) is 1.51. The molecule has 5 heteroatoms. The number of aromatic nitrogens is 3. The molecule has 0 atom stereocenters. The third kappa shape index (κ3) is 1.64. The number of aromatic amines is 1. The summed E-state index contributed by atoms with van der Waals surface area (Å²) in [5, 5.41) is 3.18. The fourth-order valence-electron chi connectivity index (χ4n) is 2.12. The van der Waals surface area contributed by atoms with Crippen LogP contribution in [-0.2, 0) is 19.9 Å². The van der Waals surface area contributed by atoms with Gasteiger partial charge >= 0.3 is 0 Å². The molecule has 0 unspecified atom stereocenters. The van der Waals surface area contributed by atoms with Crippen molar-refractivity contribution in [3.8, 4) is 10.7 Å². The third-order valence-electron chi connectivity index (χ3n) is 3.00. The van der Waals surface area contributed by atoms with Gasteiger partial charge in [-0.05, 0) is 49.5 Å². The topological polar surface area (TPSA) is 33.6 Å². The van der Waals surface area contributed by atoms with Crippen LogP contribution in [0.15, 0.2) is 6.07 Å². The lowest BCUT2D eigenvalue weighted by Crippen LogP contribution is -1.96. The van der Waals surface area contributed by atoms with Crippen molar-refractivity contribution < 1.29 is 0 Å². The average Bonchev–Trinajstić information content (AvgIpc) is 2.83. The van der Waals surface area contributed by atoms with E-state index in [0.29, 0.717) is 4.77 Å². The number of nitrogens with one attached hydrogen (secondary N) is 1. The molecule has 0 bridgehead atoms. The summed E-state index contributed by atoms with van der Waals surface area (Å²) in [6.45, 7) is 0. The normalized spacial score (nSPS) is 15.1. The van der Waals surface area contributed by atoms with Gasteiger partial charge in [-0.1, -0.05) is 0 Å². The third-order valence-corrected chi connectivity index (χ3v) is 4.61. The molecule has 2 aromatic rings. The van der Waals surface area contributed by atoms with E-state index < -0.39 is 0 Å². The quantitative estimate of drug-likeness (QED) is 0.790. The van der Waals surface area contributed by atoms with Gasteiger partial charge in [0.1, 0.15) is 0 Å². The molecule has 0 radical (unpaired) electrons. The van der Waals surface area contributed by atoms with Crippen molar-refractivity contribution in [2.24, 2.45) is 7.05 Å². The molecular weight excluding hydrogens is 238 g/mol. The zero-order valence-electron chi connectivity index (χ0n) is 9.12. The van der Waals surface area contributed by atoms with E-state index in [-0.39, 0.29) is 0 Å². The second-order valence-corrected chi connectivity index (χ2v) is 5.68. The highest BCUT2D eigenvalue weighted by Gasteiger charge is 2.15. The van der Waals surface area contributed by atoms with Crippen LogP contribution in [0.25, 0.3) is 10.7 Å². The average molecular weight is 251 g/mol. The minimum Gasteiger partial charge on any atom is -0.279 e. The fourth-order valence-corrected chi connectivity index (χ4v) is 3.45. The molecule has 0 amide bonds. The SMILES string of the molecule is Cn1[nH]c(-c2cc3c(s2)CCCC3)nc1=S. The summed E-state index contributed by atoms with van der Waals surface area (Å²) >= 11 is 6.97. The summed E-state index contributed by atoms with van der Waals surface area (Å²) in [6.07, 6.45) is 5.10. The van der Waals surface area contributed by atoms with Crippen molar-refractivity contribution in [2.75, 3.05) is 0 Å². The molecule has 3 rings (SSSR count). The number of hydrogen-bond donors (Lipinski definition) is 1. The van der Waals surface area contributed by atoms with E-state index in [1.165, 1.54) is 41.0 Å². The van der Waals surface area contributed by atoms with E-state index in [2.05, 4.69) is 16.1 Å². The van der Waals surface area contributed by atoms with Gasteiger partial charge in [-0.3, -0.25) is 9.78 Å². The maximum atomic E-state index is 5.11. The molecule has 0 spiro atoms. The maximum Gasteiger partial charge on any atom is 0.216 e. The second-order valence-electron chi connectivity index (χ2n) is 4.18.